The minimum Gasteiger partial charge on any atom is -0.273 e. The fourth-order valence-electron chi connectivity index (χ4n) is 1.44. The zero-order valence-corrected chi connectivity index (χ0v) is 9.65. The van der Waals surface area contributed by atoms with Gasteiger partial charge in [-0.2, -0.15) is 11.8 Å². The highest BCUT2D eigenvalue weighted by atomic mass is 32.2. The molecule has 1 heterocycles. The van der Waals surface area contributed by atoms with E-state index in [0.29, 0.717) is 13.0 Å². The van der Waals surface area contributed by atoms with Gasteiger partial charge in [0.1, 0.15) is 0 Å². The molecule has 1 saturated heterocycles. The van der Waals surface area contributed by atoms with Crippen LogP contribution in [0.3, 0.4) is 0 Å². The summed E-state index contributed by atoms with van der Waals surface area (Å²) in [6.07, 6.45) is 7.00. The third-order valence-corrected chi connectivity index (χ3v) is 2.97. The van der Waals surface area contributed by atoms with Crippen LogP contribution >= 0.6 is 11.8 Å². The van der Waals surface area contributed by atoms with Crippen LogP contribution in [0, 0.1) is 0 Å². The molecule has 0 bridgehead atoms. The van der Waals surface area contributed by atoms with Crippen LogP contribution < -0.4 is 0 Å². The molecule has 0 aromatic carbocycles. The molecule has 4 heteroatoms. The first kappa shape index (κ1) is 11.9. The number of unbranched alkanes of at least 4 members (excludes halogenated alkanes) is 1. The van der Waals surface area contributed by atoms with Crippen LogP contribution in [-0.4, -0.2) is 36.1 Å². The minimum atomic E-state index is 0.158. The van der Waals surface area contributed by atoms with Gasteiger partial charge in [-0.1, -0.05) is 0 Å². The summed E-state index contributed by atoms with van der Waals surface area (Å²) in [5, 5.41) is 1.54. The van der Waals surface area contributed by atoms with Crippen molar-refractivity contribution in [1.29, 1.82) is 0 Å². The van der Waals surface area contributed by atoms with E-state index >= 15 is 0 Å². The van der Waals surface area contributed by atoms with Gasteiger partial charge >= 0.3 is 0 Å². The molecule has 1 aliphatic rings. The largest absolute Gasteiger partial charge is 0.273 e. The van der Waals surface area contributed by atoms with Crippen molar-refractivity contribution in [3.63, 3.8) is 0 Å². The standard InChI is InChI=1S/C10H19NO2S/c1-14-9-5-2-6-10(12)11-7-3-4-8-13-11/h2-9H2,1H3. The fraction of sp³-hybridized carbons (Fsp3) is 0.900. The second kappa shape index (κ2) is 7.12. The summed E-state index contributed by atoms with van der Waals surface area (Å²) in [6, 6.07) is 0. The second-order valence-corrected chi connectivity index (χ2v) is 4.47. The highest BCUT2D eigenvalue weighted by Crippen LogP contribution is 2.10. The minimum absolute atomic E-state index is 0.158. The van der Waals surface area contributed by atoms with Gasteiger partial charge in [0.2, 0.25) is 5.91 Å². The van der Waals surface area contributed by atoms with Gasteiger partial charge < -0.3 is 0 Å². The Morgan fingerprint density at radius 2 is 2.29 bits per heavy atom. The average molecular weight is 217 g/mol. The Morgan fingerprint density at radius 1 is 1.43 bits per heavy atom. The molecule has 14 heavy (non-hydrogen) atoms. The lowest BCUT2D eigenvalue weighted by molar-refractivity contribution is -0.197. The number of carbonyl (C=O) groups is 1. The molecule has 0 spiro atoms. The SMILES string of the molecule is CSCCCCC(=O)N1CCCCO1. The van der Waals surface area contributed by atoms with Crippen molar-refractivity contribution in [2.24, 2.45) is 0 Å². The first-order chi connectivity index (χ1) is 6.84. The van der Waals surface area contributed by atoms with Crippen LogP contribution in [-0.2, 0) is 9.63 Å². The zero-order chi connectivity index (χ0) is 10.2. The Bertz CT molecular complexity index is 170. The number of carbonyl (C=O) groups excluding carboxylic acids is 1. The Kier molecular flexibility index (Phi) is 6.03. The number of hydrogen-bond acceptors (Lipinski definition) is 3. The zero-order valence-electron chi connectivity index (χ0n) is 8.83. The van der Waals surface area contributed by atoms with Gasteiger partial charge in [0.05, 0.1) is 6.61 Å². The molecule has 0 aromatic heterocycles. The molecule has 0 aliphatic carbocycles. The van der Waals surface area contributed by atoms with E-state index in [1.54, 1.807) is 5.06 Å². The molecule has 0 atom stereocenters. The number of hydroxylamine groups is 2. The van der Waals surface area contributed by atoms with Crippen molar-refractivity contribution >= 4 is 17.7 Å². The van der Waals surface area contributed by atoms with Crippen molar-refractivity contribution in [3.8, 4) is 0 Å². The third-order valence-electron chi connectivity index (χ3n) is 2.27. The third kappa shape index (κ3) is 4.33. The summed E-state index contributed by atoms with van der Waals surface area (Å²) in [4.78, 5) is 16.8. The summed E-state index contributed by atoms with van der Waals surface area (Å²) in [5.41, 5.74) is 0. The number of thioether (sulfide) groups is 1. The van der Waals surface area contributed by atoms with Crippen LogP contribution in [0.25, 0.3) is 0 Å². The van der Waals surface area contributed by atoms with Crippen LogP contribution in [0.2, 0.25) is 0 Å². The molecule has 0 N–H and O–H groups in total. The van der Waals surface area contributed by atoms with E-state index in [1.807, 2.05) is 11.8 Å². The normalized spacial score (nSPS) is 17.1. The molecule has 1 fully saturated rings. The number of rotatable bonds is 5. The van der Waals surface area contributed by atoms with E-state index in [1.165, 1.54) is 0 Å². The van der Waals surface area contributed by atoms with Crippen molar-refractivity contribution in [3.05, 3.63) is 0 Å². The molecule has 3 nitrogen and oxygen atoms in total. The summed E-state index contributed by atoms with van der Waals surface area (Å²) >= 11 is 1.83. The van der Waals surface area contributed by atoms with Crippen molar-refractivity contribution in [2.75, 3.05) is 25.2 Å². The maximum Gasteiger partial charge on any atom is 0.246 e. The molecule has 1 aliphatic heterocycles. The highest BCUT2D eigenvalue weighted by Gasteiger charge is 2.16. The number of hydrogen-bond donors (Lipinski definition) is 0. The molecule has 1 rings (SSSR count). The van der Waals surface area contributed by atoms with Crippen LogP contribution in [0.4, 0.5) is 0 Å². The van der Waals surface area contributed by atoms with Gasteiger partial charge in [-0.25, -0.2) is 5.06 Å². The summed E-state index contributed by atoms with van der Waals surface area (Å²) in [5.74, 6) is 1.31. The lowest BCUT2D eigenvalue weighted by atomic mass is 10.2. The average Bonchev–Trinajstić information content (AvgIpc) is 2.25. The molecule has 0 saturated carbocycles. The smallest absolute Gasteiger partial charge is 0.246 e. The van der Waals surface area contributed by atoms with Crippen LogP contribution in [0.15, 0.2) is 0 Å². The van der Waals surface area contributed by atoms with Gasteiger partial charge in [0.25, 0.3) is 0 Å². The summed E-state index contributed by atoms with van der Waals surface area (Å²) in [7, 11) is 0. The molecule has 1 amide bonds. The molecule has 0 unspecified atom stereocenters. The van der Waals surface area contributed by atoms with Crippen molar-refractivity contribution < 1.29 is 9.63 Å². The van der Waals surface area contributed by atoms with E-state index in [-0.39, 0.29) is 5.91 Å². The molecular formula is C10H19NO2S. The highest BCUT2D eigenvalue weighted by molar-refractivity contribution is 7.98. The van der Waals surface area contributed by atoms with Gasteiger partial charge in [-0.3, -0.25) is 9.63 Å². The number of amides is 1. The Hall–Kier alpha value is -0.220. The fourth-order valence-corrected chi connectivity index (χ4v) is 1.93. The van der Waals surface area contributed by atoms with Gasteiger partial charge in [-0.15, -0.1) is 0 Å². The first-order valence-electron chi connectivity index (χ1n) is 5.27. The molecular weight excluding hydrogens is 198 g/mol. The maximum absolute atomic E-state index is 11.6. The maximum atomic E-state index is 11.6. The predicted octanol–water partition coefficient (Wildman–Crippen LogP) is 2.07. The quantitative estimate of drug-likeness (QED) is 0.660. The molecule has 0 aromatic rings. The van der Waals surface area contributed by atoms with Crippen LogP contribution in [0.5, 0.6) is 0 Å². The lowest BCUT2D eigenvalue weighted by Crippen LogP contribution is -2.35. The Morgan fingerprint density at radius 3 is 2.93 bits per heavy atom. The summed E-state index contributed by atoms with van der Waals surface area (Å²) in [6.45, 7) is 1.48. The van der Waals surface area contributed by atoms with Crippen molar-refractivity contribution in [2.45, 2.75) is 32.1 Å². The monoisotopic (exact) mass is 217 g/mol. The molecule has 82 valence electrons. The van der Waals surface area contributed by atoms with Gasteiger partial charge in [0.15, 0.2) is 0 Å². The van der Waals surface area contributed by atoms with E-state index in [9.17, 15) is 4.79 Å². The van der Waals surface area contributed by atoms with Gasteiger partial charge in [0, 0.05) is 13.0 Å². The van der Waals surface area contributed by atoms with Gasteiger partial charge in [-0.05, 0) is 37.7 Å². The topological polar surface area (TPSA) is 29.5 Å². The van der Waals surface area contributed by atoms with Crippen molar-refractivity contribution in [1.82, 2.24) is 5.06 Å². The van der Waals surface area contributed by atoms with E-state index in [4.69, 9.17) is 4.84 Å². The number of nitrogens with zero attached hydrogens (tertiary/aromatic N) is 1. The lowest BCUT2D eigenvalue weighted by Gasteiger charge is -2.25. The first-order valence-corrected chi connectivity index (χ1v) is 6.66. The van der Waals surface area contributed by atoms with E-state index < -0.39 is 0 Å². The second-order valence-electron chi connectivity index (χ2n) is 3.49. The van der Waals surface area contributed by atoms with E-state index in [2.05, 4.69) is 6.26 Å². The van der Waals surface area contributed by atoms with E-state index in [0.717, 1.165) is 38.0 Å². The Balaban J connectivity index is 2.07. The summed E-state index contributed by atoms with van der Waals surface area (Å²) < 4.78 is 0. The Labute approximate surface area is 90.1 Å². The predicted molar refractivity (Wildman–Crippen MR) is 59.1 cm³/mol. The van der Waals surface area contributed by atoms with Crippen LogP contribution in [0.1, 0.15) is 32.1 Å². The molecule has 0 radical (unpaired) electrons.